The van der Waals surface area contributed by atoms with Crippen LogP contribution in [-0.4, -0.2) is 54.2 Å². The Morgan fingerprint density at radius 3 is 2.42 bits per heavy atom. The molecule has 3 atom stereocenters. The molecule has 2 rings (SSSR count). The summed E-state index contributed by atoms with van der Waals surface area (Å²) in [5.41, 5.74) is 0.114. The lowest BCUT2D eigenvalue weighted by Gasteiger charge is -2.26. The first kappa shape index (κ1) is 25.9. The minimum atomic E-state index is -0.969. The van der Waals surface area contributed by atoms with Crippen LogP contribution in [0, 0.1) is 5.92 Å². The summed E-state index contributed by atoms with van der Waals surface area (Å²) in [4.78, 5) is 50.4. The fraction of sp³-hybridized carbons (Fsp3) is 0.500. The number of hydrogen-bond acceptors (Lipinski definition) is 6. The second-order valence-electron chi connectivity index (χ2n) is 9.22. The van der Waals surface area contributed by atoms with Crippen molar-refractivity contribution >= 4 is 23.9 Å². The van der Waals surface area contributed by atoms with Crippen LogP contribution >= 0.6 is 0 Å². The van der Waals surface area contributed by atoms with Crippen LogP contribution in [0.2, 0.25) is 0 Å². The van der Waals surface area contributed by atoms with Crippen molar-refractivity contribution in [1.29, 1.82) is 0 Å². The molecule has 1 aromatic carbocycles. The number of rotatable bonds is 4. The van der Waals surface area contributed by atoms with Crippen molar-refractivity contribution in [1.82, 2.24) is 16.0 Å². The zero-order valence-corrected chi connectivity index (χ0v) is 19.7. The van der Waals surface area contributed by atoms with Crippen LogP contribution in [0.4, 0.5) is 4.79 Å². The fourth-order valence-corrected chi connectivity index (χ4v) is 3.12. The van der Waals surface area contributed by atoms with Gasteiger partial charge >= 0.3 is 12.1 Å². The zero-order valence-electron chi connectivity index (χ0n) is 19.7. The fourth-order valence-electron chi connectivity index (χ4n) is 3.12. The van der Waals surface area contributed by atoms with E-state index in [0.717, 1.165) is 5.56 Å². The van der Waals surface area contributed by atoms with E-state index in [-0.39, 0.29) is 18.9 Å². The van der Waals surface area contributed by atoms with Crippen molar-refractivity contribution in [2.24, 2.45) is 5.92 Å². The molecule has 0 fully saturated rings. The van der Waals surface area contributed by atoms with Gasteiger partial charge in [0.1, 0.15) is 24.3 Å². The number of nitrogens with one attached hydrogen (secondary N) is 3. The molecule has 3 N–H and O–H groups in total. The summed E-state index contributed by atoms with van der Waals surface area (Å²) in [6, 6.07) is 6.57. The number of amides is 3. The molecule has 33 heavy (non-hydrogen) atoms. The molecule has 0 aliphatic carbocycles. The summed E-state index contributed by atoms with van der Waals surface area (Å²) in [5, 5.41) is 7.95. The molecular weight excluding hydrogens is 426 g/mol. The highest BCUT2D eigenvalue weighted by Crippen LogP contribution is 2.10. The third-order valence-electron chi connectivity index (χ3n) is 4.72. The Morgan fingerprint density at radius 1 is 1.15 bits per heavy atom. The largest absolute Gasteiger partial charge is 0.462 e. The smallest absolute Gasteiger partial charge is 0.408 e. The van der Waals surface area contributed by atoms with Gasteiger partial charge in [-0.3, -0.25) is 9.59 Å². The van der Waals surface area contributed by atoms with E-state index in [1.807, 2.05) is 30.3 Å². The van der Waals surface area contributed by atoms with E-state index in [9.17, 15) is 19.2 Å². The molecular formula is C24H33N3O6. The Hall–Kier alpha value is -3.36. The van der Waals surface area contributed by atoms with Crippen LogP contribution in [0.15, 0.2) is 42.5 Å². The molecule has 0 radical (unpaired) electrons. The van der Waals surface area contributed by atoms with Crippen molar-refractivity contribution in [3.63, 3.8) is 0 Å². The molecule has 1 aliphatic heterocycles. The van der Waals surface area contributed by atoms with Gasteiger partial charge in [0.05, 0.1) is 6.04 Å². The van der Waals surface area contributed by atoms with Gasteiger partial charge in [0.25, 0.3) is 0 Å². The monoisotopic (exact) mass is 459 g/mol. The normalized spacial score (nSPS) is 23.3. The third kappa shape index (κ3) is 8.96. The van der Waals surface area contributed by atoms with Crippen molar-refractivity contribution in [2.45, 2.75) is 64.8 Å². The molecule has 0 spiro atoms. The summed E-state index contributed by atoms with van der Waals surface area (Å²) in [7, 11) is 0. The predicted molar refractivity (Wildman–Crippen MR) is 122 cm³/mol. The molecule has 180 valence electrons. The highest BCUT2D eigenvalue weighted by molar-refractivity contribution is 5.94. The molecule has 0 saturated heterocycles. The van der Waals surface area contributed by atoms with Gasteiger partial charge in [-0.1, -0.05) is 50.3 Å². The van der Waals surface area contributed by atoms with Crippen LogP contribution in [-0.2, 0) is 30.3 Å². The van der Waals surface area contributed by atoms with Gasteiger partial charge in [0, 0.05) is 12.5 Å². The van der Waals surface area contributed by atoms with Crippen LogP contribution in [0.25, 0.3) is 0 Å². The Labute approximate surface area is 194 Å². The summed E-state index contributed by atoms with van der Waals surface area (Å²) in [6.07, 6.45) is 2.09. The number of cyclic esters (lactones) is 1. The van der Waals surface area contributed by atoms with E-state index < -0.39 is 47.6 Å². The molecule has 0 saturated carbocycles. The summed E-state index contributed by atoms with van der Waals surface area (Å²) >= 11 is 0. The van der Waals surface area contributed by atoms with E-state index in [2.05, 4.69) is 16.0 Å². The minimum Gasteiger partial charge on any atom is -0.462 e. The van der Waals surface area contributed by atoms with Gasteiger partial charge in [-0.15, -0.1) is 0 Å². The highest BCUT2D eigenvalue weighted by atomic mass is 16.6. The Bertz CT molecular complexity index is 876. The quantitative estimate of drug-likeness (QED) is 0.591. The van der Waals surface area contributed by atoms with Gasteiger partial charge in [0.2, 0.25) is 11.8 Å². The number of alkyl carbamates (subject to hydrolysis) is 1. The minimum absolute atomic E-state index is 0.212. The molecule has 1 aliphatic rings. The van der Waals surface area contributed by atoms with Gasteiger partial charge in [-0.25, -0.2) is 9.59 Å². The molecule has 0 bridgehead atoms. The molecule has 1 aromatic rings. The average molecular weight is 460 g/mol. The van der Waals surface area contributed by atoms with Crippen molar-refractivity contribution in [3.8, 4) is 0 Å². The summed E-state index contributed by atoms with van der Waals surface area (Å²) in [5.74, 6) is -1.86. The van der Waals surface area contributed by atoms with Gasteiger partial charge in [0.15, 0.2) is 0 Å². The first-order chi connectivity index (χ1) is 15.4. The number of carbonyl (C=O) groups is 4. The lowest BCUT2D eigenvalue weighted by atomic mass is 10.0. The second kappa shape index (κ2) is 11.5. The second-order valence-corrected chi connectivity index (χ2v) is 9.22. The lowest BCUT2D eigenvalue weighted by Crippen LogP contribution is -2.55. The Balaban J connectivity index is 2.27. The SMILES string of the molecule is CC(C)[C@@H]1NC(=O)/C=C\[C@@H](NC(=O)OC(C)(C)C)COC(=O)[C@H](Cc2ccccc2)NC1=O. The van der Waals surface area contributed by atoms with E-state index >= 15 is 0 Å². The maximum atomic E-state index is 12.9. The van der Waals surface area contributed by atoms with Crippen LogP contribution < -0.4 is 16.0 Å². The first-order valence-corrected chi connectivity index (χ1v) is 10.9. The van der Waals surface area contributed by atoms with Gasteiger partial charge in [-0.2, -0.15) is 0 Å². The lowest BCUT2D eigenvalue weighted by molar-refractivity contribution is -0.148. The number of carbonyl (C=O) groups excluding carboxylic acids is 4. The topological polar surface area (TPSA) is 123 Å². The number of benzene rings is 1. The molecule has 0 unspecified atom stereocenters. The molecule has 1 heterocycles. The van der Waals surface area contributed by atoms with Crippen molar-refractivity contribution in [2.75, 3.05) is 6.61 Å². The summed E-state index contributed by atoms with van der Waals surface area (Å²) < 4.78 is 10.7. The third-order valence-corrected chi connectivity index (χ3v) is 4.72. The average Bonchev–Trinajstić information content (AvgIpc) is 2.71. The summed E-state index contributed by atoms with van der Waals surface area (Å²) in [6.45, 7) is 8.50. The number of hydrogen-bond donors (Lipinski definition) is 3. The standard InChI is InChI=1S/C24H33N3O6/c1-15(2)20-21(29)26-18(13-16-9-7-6-8-10-16)22(30)32-14-17(11-12-19(28)27-20)25-23(31)33-24(3,4)5/h6-12,15,17-18,20H,13-14H2,1-5H3,(H,25,31)(H,26,29)(H,27,28)/b12-11-/t17-,18+,20+/m1/s1. The highest BCUT2D eigenvalue weighted by Gasteiger charge is 2.30. The van der Waals surface area contributed by atoms with E-state index in [1.165, 1.54) is 12.2 Å². The van der Waals surface area contributed by atoms with Crippen LogP contribution in [0.3, 0.4) is 0 Å². The van der Waals surface area contributed by atoms with Crippen LogP contribution in [0.1, 0.15) is 40.2 Å². The van der Waals surface area contributed by atoms with Gasteiger partial charge in [-0.05, 0) is 32.3 Å². The maximum absolute atomic E-state index is 12.9. The Kier molecular flexibility index (Phi) is 9.02. The van der Waals surface area contributed by atoms with E-state index in [4.69, 9.17) is 9.47 Å². The Morgan fingerprint density at radius 2 is 1.82 bits per heavy atom. The predicted octanol–water partition coefficient (Wildman–Crippen LogP) is 1.86. The van der Waals surface area contributed by atoms with Crippen molar-refractivity contribution < 1.29 is 28.7 Å². The van der Waals surface area contributed by atoms with Gasteiger partial charge < -0.3 is 25.4 Å². The molecule has 0 aromatic heterocycles. The van der Waals surface area contributed by atoms with Crippen molar-refractivity contribution in [3.05, 3.63) is 48.0 Å². The molecule has 9 nitrogen and oxygen atoms in total. The molecule has 9 heteroatoms. The van der Waals surface area contributed by atoms with Crippen LogP contribution in [0.5, 0.6) is 0 Å². The molecule has 3 amide bonds. The number of esters is 1. The zero-order chi connectivity index (χ0) is 24.6. The van der Waals surface area contributed by atoms with E-state index in [0.29, 0.717) is 0 Å². The first-order valence-electron chi connectivity index (χ1n) is 10.9. The van der Waals surface area contributed by atoms with E-state index in [1.54, 1.807) is 34.6 Å². The number of ether oxygens (including phenoxy) is 2. The maximum Gasteiger partial charge on any atom is 0.408 e.